The summed E-state index contributed by atoms with van der Waals surface area (Å²) in [4.78, 5) is 17.0. The van der Waals surface area contributed by atoms with Crippen LogP contribution in [0.5, 0.6) is 5.75 Å². The molecule has 3 nitrogen and oxygen atoms in total. The number of hydrogen-bond donors (Lipinski definition) is 0. The summed E-state index contributed by atoms with van der Waals surface area (Å²) >= 11 is 0. The van der Waals surface area contributed by atoms with Crippen LogP contribution in [-0.4, -0.2) is 5.29 Å². The molecule has 0 radical (unpaired) electrons. The molecular formula is C14H11O3P. The molecule has 1 unspecified atom stereocenters. The van der Waals surface area contributed by atoms with Crippen LogP contribution in [0.2, 0.25) is 0 Å². The van der Waals surface area contributed by atoms with Crippen LogP contribution in [0.3, 0.4) is 0 Å². The second-order valence-corrected chi connectivity index (χ2v) is 5.24. The Balaban J connectivity index is 2.17. The van der Waals surface area contributed by atoms with Crippen LogP contribution in [0.15, 0.2) is 48.5 Å². The van der Waals surface area contributed by atoms with Crippen molar-refractivity contribution in [3.8, 4) is 5.75 Å². The minimum atomic E-state index is -1.98. The van der Waals surface area contributed by atoms with E-state index in [0.717, 1.165) is 16.7 Å². The first kappa shape index (κ1) is 11.4. The molecule has 0 saturated carbocycles. The molecule has 2 aromatic carbocycles. The minimum absolute atomic E-state index is 0.600. The average molecular weight is 258 g/mol. The Morgan fingerprint density at radius 2 is 1.72 bits per heavy atom. The van der Waals surface area contributed by atoms with Crippen molar-refractivity contribution in [1.82, 2.24) is 0 Å². The molecule has 1 aliphatic heterocycles. The van der Waals surface area contributed by atoms with Crippen LogP contribution in [0, 0.1) is 6.92 Å². The lowest BCUT2D eigenvalue weighted by Crippen LogP contribution is -2.16. The molecule has 2 aromatic rings. The Morgan fingerprint density at radius 1 is 1.00 bits per heavy atom. The van der Waals surface area contributed by atoms with Gasteiger partial charge in [-0.25, -0.2) is 0 Å². The van der Waals surface area contributed by atoms with Crippen molar-refractivity contribution < 1.29 is 14.5 Å². The third-order valence-electron chi connectivity index (χ3n) is 2.84. The Hall–Kier alpha value is -1.67. The highest BCUT2D eigenvalue weighted by molar-refractivity contribution is 7.48. The standard InChI is InChI=1S/C14H11O3P/c1-10-6-8-11(9-7-10)14-12-4-2-3-5-13(12)16-17-18(14)15/h2-9H,1H3. The topological polar surface area (TPSA) is 41.5 Å². The second kappa shape index (κ2) is 4.54. The molecule has 3 rings (SSSR count). The molecule has 4 heteroatoms. The third kappa shape index (κ3) is 1.93. The first-order valence-electron chi connectivity index (χ1n) is 5.61. The number of hydrogen-bond acceptors (Lipinski definition) is 3. The van der Waals surface area contributed by atoms with Crippen molar-refractivity contribution in [1.29, 1.82) is 0 Å². The van der Waals surface area contributed by atoms with Gasteiger partial charge in [0.25, 0.3) is 8.00 Å². The van der Waals surface area contributed by atoms with Crippen molar-refractivity contribution >= 4 is 13.3 Å². The van der Waals surface area contributed by atoms with Gasteiger partial charge >= 0.3 is 0 Å². The van der Waals surface area contributed by atoms with E-state index < -0.39 is 8.00 Å². The summed E-state index contributed by atoms with van der Waals surface area (Å²) in [6, 6.07) is 15.3. The van der Waals surface area contributed by atoms with Gasteiger partial charge < -0.3 is 4.89 Å². The van der Waals surface area contributed by atoms with Crippen LogP contribution < -0.4 is 9.78 Å². The lowest BCUT2D eigenvalue weighted by atomic mass is 10.0. The van der Waals surface area contributed by atoms with Gasteiger partial charge in [0.2, 0.25) is 0 Å². The highest BCUT2D eigenvalue weighted by Gasteiger charge is 2.27. The van der Waals surface area contributed by atoms with Crippen molar-refractivity contribution in [3.05, 3.63) is 65.2 Å². The number of benzene rings is 2. The summed E-state index contributed by atoms with van der Waals surface area (Å²) in [6.07, 6.45) is 0. The molecule has 0 saturated heterocycles. The van der Waals surface area contributed by atoms with Gasteiger partial charge in [0, 0.05) is 10.2 Å². The normalized spacial score (nSPS) is 16.1. The zero-order valence-electron chi connectivity index (χ0n) is 9.79. The third-order valence-corrected chi connectivity index (χ3v) is 3.92. The summed E-state index contributed by atoms with van der Waals surface area (Å²) in [6.45, 7) is 2.02. The molecule has 1 aliphatic rings. The fourth-order valence-electron chi connectivity index (χ4n) is 1.92. The SMILES string of the molecule is Cc1ccc(C2=[P+]([O-])OOc3ccccc32)cc1. The molecule has 1 heterocycles. The van der Waals surface area contributed by atoms with E-state index in [1.165, 1.54) is 0 Å². The van der Waals surface area contributed by atoms with Gasteiger partial charge in [-0.15, -0.1) is 0 Å². The zero-order chi connectivity index (χ0) is 12.5. The highest BCUT2D eigenvalue weighted by Crippen LogP contribution is 2.36. The van der Waals surface area contributed by atoms with E-state index in [9.17, 15) is 4.89 Å². The van der Waals surface area contributed by atoms with E-state index in [1.54, 1.807) is 6.07 Å². The van der Waals surface area contributed by atoms with Crippen molar-refractivity contribution in [2.75, 3.05) is 0 Å². The van der Waals surface area contributed by atoms with Crippen molar-refractivity contribution in [2.24, 2.45) is 0 Å². The lowest BCUT2D eigenvalue weighted by Gasteiger charge is -2.14. The summed E-state index contributed by atoms with van der Waals surface area (Å²) in [5.74, 6) is 0.600. The fraction of sp³-hybridized carbons (Fsp3) is 0.0714. The number of aryl methyl sites for hydroxylation is 1. The Labute approximate surface area is 106 Å². The van der Waals surface area contributed by atoms with Crippen LogP contribution in [0.4, 0.5) is 0 Å². The lowest BCUT2D eigenvalue weighted by molar-refractivity contribution is -0.218. The van der Waals surface area contributed by atoms with Crippen LogP contribution in [0.25, 0.3) is 0 Å². The predicted molar refractivity (Wildman–Crippen MR) is 69.5 cm³/mol. The van der Waals surface area contributed by atoms with Gasteiger partial charge in [0.1, 0.15) is 0 Å². The molecule has 18 heavy (non-hydrogen) atoms. The van der Waals surface area contributed by atoms with Crippen LogP contribution in [0.1, 0.15) is 16.7 Å². The summed E-state index contributed by atoms with van der Waals surface area (Å²) in [5, 5.41) is 0.687. The summed E-state index contributed by atoms with van der Waals surface area (Å²) < 4.78 is 4.87. The van der Waals surface area contributed by atoms with Crippen molar-refractivity contribution in [2.45, 2.75) is 6.92 Å². The zero-order valence-corrected chi connectivity index (χ0v) is 10.7. The van der Waals surface area contributed by atoms with Gasteiger partial charge in [-0.2, -0.15) is 0 Å². The molecule has 0 spiro atoms. The van der Waals surface area contributed by atoms with Gasteiger partial charge in [-0.3, -0.25) is 4.89 Å². The number of para-hydroxylation sites is 1. The molecular weight excluding hydrogens is 247 g/mol. The van der Waals surface area contributed by atoms with E-state index in [4.69, 9.17) is 9.56 Å². The molecule has 0 N–H and O–H groups in total. The first-order chi connectivity index (χ1) is 8.75. The maximum absolute atomic E-state index is 12.0. The molecule has 90 valence electrons. The maximum Gasteiger partial charge on any atom is 0.289 e. The fourth-order valence-corrected chi connectivity index (χ4v) is 2.88. The van der Waals surface area contributed by atoms with Gasteiger partial charge in [-0.1, -0.05) is 42.0 Å². The van der Waals surface area contributed by atoms with Gasteiger partial charge in [0.15, 0.2) is 11.0 Å². The second-order valence-electron chi connectivity index (χ2n) is 4.13. The highest BCUT2D eigenvalue weighted by atomic mass is 31.1. The molecule has 1 atom stereocenters. The number of rotatable bonds is 1. The molecule has 0 fully saturated rings. The van der Waals surface area contributed by atoms with Gasteiger partial charge in [-0.05, 0) is 19.1 Å². The quantitative estimate of drug-likeness (QED) is 0.583. The summed E-state index contributed by atoms with van der Waals surface area (Å²) in [7, 11) is -1.98. The molecule has 0 aromatic heterocycles. The van der Waals surface area contributed by atoms with E-state index in [-0.39, 0.29) is 0 Å². The van der Waals surface area contributed by atoms with Crippen LogP contribution in [-0.2, 0) is 4.67 Å². The maximum atomic E-state index is 12.0. The molecule has 0 aliphatic carbocycles. The monoisotopic (exact) mass is 258 g/mol. The predicted octanol–water partition coefficient (Wildman–Crippen LogP) is 2.56. The Kier molecular flexibility index (Phi) is 2.88. The average Bonchev–Trinajstić information content (AvgIpc) is 2.40. The van der Waals surface area contributed by atoms with E-state index in [2.05, 4.69) is 0 Å². The van der Waals surface area contributed by atoms with E-state index in [1.807, 2.05) is 49.4 Å². The smallest absolute Gasteiger partial charge is 0.289 e. The summed E-state index contributed by atoms with van der Waals surface area (Å²) in [5.41, 5.74) is 2.89. The van der Waals surface area contributed by atoms with Gasteiger partial charge in [0.05, 0.1) is 5.56 Å². The largest absolute Gasteiger partial charge is 0.599 e. The van der Waals surface area contributed by atoms with Crippen LogP contribution >= 0.6 is 8.00 Å². The van der Waals surface area contributed by atoms with E-state index in [0.29, 0.717) is 11.0 Å². The Morgan fingerprint density at radius 3 is 2.50 bits per heavy atom. The first-order valence-corrected chi connectivity index (χ1v) is 6.79. The molecule has 0 bridgehead atoms. The minimum Gasteiger partial charge on any atom is -0.599 e. The Bertz CT molecular complexity index is 617. The van der Waals surface area contributed by atoms with Crippen molar-refractivity contribution in [3.63, 3.8) is 0 Å². The molecule has 0 amide bonds. The van der Waals surface area contributed by atoms with E-state index >= 15 is 0 Å². The number of fused-ring (bicyclic) bond motifs is 1.